The zero-order valence-electron chi connectivity index (χ0n) is 16.7. The fraction of sp³-hybridized carbons (Fsp3) is 0.238. The van der Waals surface area contributed by atoms with Crippen molar-refractivity contribution in [2.24, 2.45) is 5.10 Å². The van der Waals surface area contributed by atoms with Crippen LogP contribution < -0.4 is 20.5 Å². The van der Waals surface area contributed by atoms with E-state index in [2.05, 4.69) is 15.6 Å². The normalized spacial score (nSPS) is 11.4. The molecule has 1 N–H and O–H groups in total. The van der Waals surface area contributed by atoms with Crippen LogP contribution in [-0.4, -0.2) is 35.6 Å². The number of ether oxygens (including phenoxy) is 2. The Kier molecular flexibility index (Phi) is 5.92. The van der Waals surface area contributed by atoms with E-state index in [1.807, 2.05) is 0 Å². The molecule has 0 spiro atoms. The second kappa shape index (κ2) is 8.55. The van der Waals surface area contributed by atoms with E-state index < -0.39 is 5.91 Å². The Morgan fingerprint density at radius 1 is 1.14 bits per heavy atom. The summed E-state index contributed by atoms with van der Waals surface area (Å²) in [6.07, 6.45) is 0. The van der Waals surface area contributed by atoms with Gasteiger partial charge < -0.3 is 9.47 Å². The Labute approximate surface area is 167 Å². The fourth-order valence-corrected chi connectivity index (χ4v) is 2.96. The van der Waals surface area contributed by atoms with E-state index in [0.29, 0.717) is 40.1 Å². The van der Waals surface area contributed by atoms with Gasteiger partial charge in [0.2, 0.25) is 0 Å². The first-order valence-electron chi connectivity index (χ1n) is 9.07. The van der Waals surface area contributed by atoms with Crippen molar-refractivity contribution in [1.82, 2.24) is 15.2 Å². The lowest BCUT2D eigenvalue weighted by Crippen LogP contribution is -2.28. The molecule has 3 rings (SSSR count). The number of methoxy groups -OCH3 is 2. The maximum atomic E-state index is 12.8. The summed E-state index contributed by atoms with van der Waals surface area (Å²) in [4.78, 5) is 25.2. The topological polar surface area (TPSA) is 94.8 Å². The molecule has 0 bridgehead atoms. The summed E-state index contributed by atoms with van der Waals surface area (Å²) in [5, 5.41) is 9.32. The van der Waals surface area contributed by atoms with Crippen LogP contribution in [0.2, 0.25) is 0 Å². The quantitative estimate of drug-likeness (QED) is 0.512. The highest BCUT2D eigenvalue weighted by atomic mass is 16.5. The van der Waals surface area contributed by atoms with Gasteiger partial charge in [0.1, 0.15) is 11.5 Å². The van der Waals surface area contributed by atoms with Gasteiger partial charge in [0.25, 0.3) is 11.5 Å². The number of nitrogens with zero attached hydrogens (tertiary/aromatic N) is 3. The summed E-state index contributed by atoms with van der Waals surface area (Å²) in [5.74, 6) is 0.735. The van der Waals surface area contributed by atoms with E-state index in [4.69, 9.17) is 9.47 Å². The second-order valence-electron chi connectivity index (χ2n) is 6.22. The number of aromatic nitrogens is 2. The molecule has 29 heavy (non-hydrogen) atoms. The predicted octanol–water partition coefficient (Wildman–Crippen LogP) is 2.59. The van der Waals surface area contributed by atoms with Gasteiger partial charge in [-0.15, -0.1) is 0 Å². The first-order valence-corrected chi connectivity index (χ1v) is 9.07. The minimum atomic E-state index is -0.510. The molecular formula is C21H22N4O4. The van der Waals surface area contributed by atoms with Gasteiger partial charge in [-0.2, -0.15) is 10.2 Å². The van der Waals surface area contributed by atoms with Gasteiger partial charge in [-0.25, -0.2) is 10.1 Å². The van der Waals surface area contributed by atoms with Crippen molar-refractivity contribution in [1.29, 1.82) is 0 Å². The maximum Gasteiger partial charge on any atom is 0.292 e. The lowest BCUT2D eigenvalue weighted by atomic mass is 10.1. The van der Waals surface area contributed by atoms with Crippen molar-refractivity contribution in [3.05, 3.63) is 64.1 Å². The minimum Gasteiger partial charge on any atom is -0.497 e. The van der Waals surface area contributed by atoms with Crippen LogP contribution in [0.1, 0.15) is 29.9 Å². The number of hydrogen-bond donors (Lipinski definition) is 1. The van der Waals surface area contributed by atoms with Crippen LogP contribution in [0.4, 0.5) is 0 Å². The number of hydrogen-bond acceptors (Lipinski definition) is 6. The van der Waals surface area contributed by atoms with E-state index in [1.165, 1.54) is 4.68 Å². The number of benzene rings is 2. The van der Waals surface area contributed by atoms with Crippen molar-refractivity contribution >= 4 is 22.4 Å². The van der Waals surface area contributed by atoms with Gasteiger partial charge in [0.15, 0.2) is 5.69 Å². The lowest BCUT2D eigenvalue weighted by Gasteiger charge is -2.11. The molecular weight excluding hydrogens is 372 g/mol. The highest BCUT2D eigenvalue weighted by molar-refractivity contribution is 6.06. The number of nitrogens with one attached hydrogen (secondary N) is 1. The SMILES string of the molecule is CCn1nc(C(=O)N/N=C(/C)c2cc(OC)ccc2OC)c2ccccc2c1=O. The lowest BCUT2D eigenvalue weighted by molar-refractivity contribution is 0.0949. The van der Waals surface area contributed by atoms with E-state index in [-0.39, 0.29) is 11.3 Å². The van der Waals surface area contributed by atoms with Gasteiger partial charge in [0, 0.05) is 17.5 Å². The van der Waals surface area contributed by atoms with Crippen molar-refractivity contribution < 1.29 is 14.3 Å². The highest BCUT2D eigenvalue weighted by Crippen LogP contribution is 2.24. The van der Waals surface area contributed by atoms with Crippen molar-refractivity contribution in [3.8, 4) is 11.5 Å². The molecule has 150 valence electrons. The third-order valence-electron chi connectivity index (χ3n) is 4.50. The maximum absolute atomic E-state index is 12.8. The van der Waals surface area contributed by atoms with Crippen LogP contribution >= 0.6 is 0 Å². The molecule has 0 atom stereocenters. The Morgan fingerprint density at radius 2 is 1.86 bits per heavy atom. The molecule has 0 saturated heterocycles. The first-order chi connectivity index (χ1) is 14.0. The van der Waals surface area contributed by atoms with Crippen LogP contribution in [0.5, 0.6) is 11.5 Å². The van der Waals surface area contributed by atoms with Crippen LogP contribution in [0, 0.1) is 0 Å². The van der Waals surface area contributed by atoms with Gasteiger partial charge in [0.05, 0.1) is 25.3 Å². The average molecular weight is 394 g/mol. The molecule has 1 aromatic heterocycles. The van der Waals surface area contributed by atoms with Gasteiger partial charge >= 0.3 is 0 Å². The van der Waals surface area contributed by atoms with Crippen molar-refractivity contribution in [3.63, 3.8) is 0 Å². The molecule has 2 aromatic carbocycles. The van der Waals surface area contributed by atoms with E-state index in [1.54, 1.807) is 70.5 Å². The minimum absolute atomic E-state index is 0.135. The molecule has 3 aromatic rings. The first kappa shape index (κ1) is 20.1. The van der Waals surface area contributed by atoms with Gasteiger partial charge in [-0.3, -0.25) is 9.59 Å². The molecule has 0 saturated carbocycles. The van der Waals surface area contributed by atoms with Gasteiger partial charge in [-0.05, 0) is 38.1 Å². The molecule has 0 radical (unpaired) electrons. The molecule has 0 aliphatic rings. The highest BCUT2D eigenvalue weighted by Gasteiger charge is 2.16. The molecule has 1 heterocycles. The largest absolute Gasteiger partial charge is 0.497 e. The summed E-state index contributed by atoms with van der Waals surface area (Å²) >= 11 is 0. The number of hydrazone groups is 1. The predicted molar refractivity (Wildman–Crippen MR) is 111 cm³/mol. The van der Waals surface area contributed by atoms with Crippen LogP contribution in [0.15, 0.2) is 52.4 Å². The molecule has 8 heteroatoms. The number of carbonyl (C=O) groups is 1. The zero-order valence-corrected chi connectivity index (χ0v) is 16.7. The molecule has 0 aliphatic heterocycles. The monoisotopic (exact) mass is 394 g/mol. The Bertz CT molecular complexity index is 1150. The molecule has 0 unspecified atom stereocenters. The van der Waals surface area contributed by atoms with E-state index >= 15 is 0 Å². The summed E-state index contributed by atoms with van der Waals surface area (Å²) < 4.78 is 11.9. The van der Waals surface area contributed by atoms with E-state index in [0.717, 1.165) is 0 Å². The number of rotatable bonds is 6. The fourth-order valence-electron chi connectivity index (χ4n) is 2.96. The summed E-state index contributed by atoms with van der Waals surface area (Å²) in [5.41, 5.74) is 3.64. The number of fused-ring (bicyclic) bond motifs is 1. The smallest absolute Gasteiger partial charge is 0.292 e. The standard InChI is InChI=1S/C21H22N4O4/c1-5-25-21(27)16-9-7-6-8-15(16)19(24-25)20(26)23-22-13(2)17-12-14(28-3)10-11-18(17)29-4/h6-12H,5H2,1-4H3,(H,23,26)/b22-13-. The van der Waals surface area contributed by atoms with Crippen molar-refractivity contribution in [2.75, 3.05) is 14.2 Å². The molecule has 8 nitrogen and oxygen atoms in total. The Morgan fingerprint density at radius 3 is 2.52 bits per heavy atom. The third kappa shape index (κ3) is 3.96. The molecule has 1 amide bonds. The molecule has 0 aliphatic carbocycles. The van der Waals surface area contributed by atoms with Crippen LogP contribution in [0.25, 0.3) is 10.8 Å². The van der Waals surface area contributed by atoms with Crippen molar-refractivity contribution in [2.45, 2.75) is 20.4 Å². The number of aryl methyl sites for hydroxylation is 1. The summed E-state index contributed by atoms with van der Waals surface area (Å²) in [6.45, 7) is 3.89. The average Bonchev–Trinajstić information content (AvgIpc) is 2.77. The Hall–Kier alpha value is -3.68. The Balaban J connectivity index is 1.97. The number of carbonyl (C=O) groups excluding carboxylic acids is 1. The van der Waals surface area contributed by atoms with Crippen LogP contribution in [-0.2, 0) is 6.54 Å². The summed E-state index contributed by atoms with van der Waals surface area (Å²) in [6, 6.07) is 12.2. The second-order valence-corrected chi connectivity index (χ2v) is 6.22. The summed E-state index contributed by atoms with van der Waals surface area (Å²) in [7, 11) is 3.13. The number of amides is 1. The zero-order chi connectivity index (χ0) is 21.0. The van der Waals surface area contributed by atoms with Crippen LogP contribution in [0.3, 0.4) is 0 Å². The molecule has 0 fully saturated rings. The van der Waals surface area contributed by atoms with E-state index in [9.17, 15) is 9.59 Å². The third-order valence-corrected chi connectivity index (χ3v) is 4.50. The van der Waals surface area contributed by atoms with Gasteiger partial charge in [-0.1, -0.05) is 18.2 Å².